The zero-order valence-corrected chi connectivity index (χ0v) is 15.1. The number of anilines is 1. The number of hydrogen-bond donors (Lipinski definition) is 1. The molecule has 0 atom stereocenters. The van der Waals surface area contributed by atoms with Crippen LogP contribution in [0.2, 0.25) is 0 Å². The molecule has 1 amide bonds. The lowest BCUT2D eigenvalue weighted by molar-refractivity contribution is -0.385. The second-order valence-electron chi connectivity index (χ2n) is 6.04. The van der Waals surface area contributed by atoms with E-state index in [0.29, 0.717) is 16.3 Å². The maximum absolute atomic E-state index is 12.6. The average Bonchev–Trinajstić information content (AvgIpc) is 2.78. The quantitative estimate of drug-likeness (QED) is 0.487. The Labute approximate surface area is 159 Å². The van der Waals surface area contributed by atoms with Crippen molar-refractivity contribution in [2.45, 2.75) is 16.7 Å². The van der Waals surface area contributed by atoms with Gasteiger partial charge in [-0.2, -0.15) is 0 Å². The summed E-state index contributed by atoms with van der Waals surface area (Å²) < 4.78 is 5.86. The number of aryl methyl sites for hydroxylation is 1. The minimum Gasteiger partial charge on any atom is -0.454 e. The van der Waals surface area contributed by atoms with Gasteiger partial charge in [-0.1, -0.05) is 41.6 Å². The highest BCUT2D eigenvalue weighted by Crippen LogP contribution is 2.42. The summed E-state index contributed by atoms with van der Waals surface area (Å²) in [5.74, 6) is 0.0474. The number of ether oxygens (including phenoxy) is 1. The second-order valence-corrected chi connectivity index (χ2v) is 7.19. The lowest BCUT2D eigenvalue weighted by atomic mass is 10.1. The number of benzene rings is 3. The van der Waals surface area contributed by atoms with Gasteiger partial charge in [0.2, 0.25) is 0 Å². The van der Waals surface area contributed by atoms with Gasteiger partial charge in [0.15, 0.2) is 11.3 Å². The van der Waals surface area contributed by atoms with Crippen molar-refractivity contribution in [3.63, 3.8) is 0 Å². The third-order valence-electron chi connectivity index (χ3n) is 4.09. The molecule has 6 nitrogen and oxygen atoms in total. The maximum atomic E-state index is 12.6. The highest BCUT2D eigenvalue weighted by Gasteiger charge is 2.30. The van der Waals surface area contributed by atoms with Crippen molar-refractivity contribution in [1.29, 1.82) is 0 Å². The number of carbonyl (C=O) groups is 1. The Morgan fingerprint density at radius 3 is 2.48 bits per heavy atom. The zero-order valence-electron chi connectivity index (χ0n) is 14.3. The average molecular weight is 378 g/mol. The van der Waals surface area contributed by atoms with Crippen LogP contribution >= 0.6 is 11.8 Å². The first kappa shape index (κ1) is 17.1. The van der Waals surface area contributed by atoms with E-state index >= 15 is 0 Å². The number of carbonyl (C=O) groups excluding carboxylic acids is 1. The van der Waals surface area contributed by atoms with E-state index in [1.54, 1.807) is 30.3 Å². The van der Waals surface area contributed by atoms with Gasteiger partial charge in [-0.15, -0.1) is 0 Å². The molecule has 0 spiro atoms. The predicted molar refractivity (Wildman–Crippen MR) is 103 cm³/mol. The molecule has 0 aromatic heterocycles. The van der Waals surface area contributed by atoms with E-state index in [2.05, 4.69) is 5.32 Å². The first-order valence-electron chi connectivity index (χ1n) is 8.16. The van der Waals surface area contributed by atoms with Gasteiger partial charge in [-0.3, -0.25) is 14.9 Å². The molecule has 1 aliphatic heterocycles. The Hall–Kier alpha value is -3.32. The van der Waals surface area contributed by atoms with Crippen LogP contribution in [0.5, 0.6) is 11.5 Å². The zero-order chi connectivity index (χ0) is 19.0. The Morgan fingerprint density at radius 1 is 1.00 bits per heavy atom. The summed E-state index contributed by atoms with van der Waals surface area (Å²) in [6.07, 6.45) is 0. The molecule has 1 heterocycles. The molecule has 4 rings (SSSR count). The minimum absolute atomic E-state index is 0.0792. The number of para-hydroxylation sites is 2. The molecular weight excluding hydrogens is 364 g/mol. The van der Waals surface area contributed by atoms with E-state index in [0.717, 1.165) is 10.5 Å². The van der Waals surface area contributed by atoms with E-state index in [9.17, 15) is 14.9 Å². The number of nitro benzene ring substituents is 1. The molecule has 1 aliphatic rings. The number of hydrogen-bond acceptors (Lipinski definition) is 5. The van der Waals surface area contributed by atoms with Gasteiger partial charge < -0.3 is 10.1 Å². The van der Waals surface area contributed by atoms with Crippen LogP contribution in [0.1, 0.15) is 15.9 Å². The summed E-state index contributed by atoms with van der Waals surface area (Å²) in [7, 11) is 0. The summed E-state index contributed by atoms with van der Waals surface area (Å²) in [6, 6.07) is 17.8. The van der Waals surface area contributed by atoms with Crippen molar-refractivity contribution in [1.82, 2.24) is 0 Å². The number of rotatable bonds is 3. The fourth-order valence-corrected chi connectivity index (χ4v) is 3.67. The van der Waals surface area contributed by atoms with Crippen LogP contribution in [0.15, 0.2) is 70.5 Å². The van der Waals surface area contributed by atoms with Crippen molar-refractivity contribution >= 4 is 29.0 Å². The Kier molecular flexibility index (Phi) is 4.29. The molecule has 27 heavy (non-hydrogen) atoms. The van der Waals surface area contributed by atoms with Crippen molar-refractivity contribution in [3.8, 4) is 11.5 Å². The summed E-state index contributed by atoms with van der Waals surface area (Å²) in [5, 5.41) is 14.3. The normalized spacial score (nSPS) is 12.3. The number of nitro groups is 1. The van der Waals surface area contributed by atoms with Gasteiger partial charge in [0.05, 0.1) is 10.6 Å². The van der Waals surface area contributed by atoms with Crippen LogP contribution in [0.25, 0.3) is 0 Å². The van der Waals surface area contributed by atoms with Crippen LogP contribution in [-0.2, 0) is 0 Å². The SMILES string of the molecule is Cc1ccc(Sc2cc3c(c([N+](=O)[O-])c2)C(=O)Nc2ccccc2O3)cc1. The summed E-state index contributed by atoms with van der Waals surface area (Å²) in [5.41, 5.74) is 1.24. The molecule has 0 unspecified atom stereocenters. The largest absolute Gasteiger partial charge is 0.454 e. The van der Waals surface area contributed by atoms with E-state index in [-0.39, 0.29) is 17.0 Å². The Balaban J connectivity index is 1.82. The van der Waals surface area contributed by atoms with Crippen LogP contribution in [-0.4, -0.2) is 10.8 Å². The van der Waals surface area contributed by atoms with E-state index < -0.39 is 10.8 Å². The summed E-state index contributed by atoms with van der Waals surface area (Å²) >= 11 is 1.37. The third-order valence-corrected chi connectivity index (χ3v) is 5.07. The molecule has 0 radical (unpaired) electrons. The molecule has 0 bridgehead atoms. The van der Waals surface area contributed by atoms with Gasteiger partial charge in [-0.25, -0.2) is 0 Å². The summed E-state index contributed by atoms with van der Waals surface area (Å²) in [6.45, 7) is 1.99. The lowest BCUT2D eigenvalue weighted by Crippen LogP contribution is -2.12. The molecule has 0 saturated heterocycles. The van der Waals surface area contributed by atoms with Crippen molar-refractivity contribution in [2.75, 3.05) is 5.32 Å². The highest BCUT2D eigenvalue weighted by molar-refractivity contribution is 7.99. The van der Waals surface area contributed by atoms with Crippen LogP contribution in [0, 0.1) is 17.0 Å². The molecule has 134 valence electrons. The molecule has 0 saturated carbocycles. The number of nitrogens with zero attached hydrogens (tertiary/aromatic N) is 1. The lowest BCUT2D eigenvalue weighted by Gasteiger charge is -2.10. The fraction of sp³-hybridized carbons (Fsp3) is 0.0500. The van der Waals surface area contributed by atoms with E-state index in [1.165, 1.54) is 17.8 Å². The predicted octanol–water partition coefficient (Wildman–Crippen LogP) is 5.41. The second kappa shape index (κ2) is 6.77. The van der Waals surface area contributed by atoms with Crippen LogP contribution < -0.4 is 10.1 Å². The van der Waals surface area contributed by atoms with Crippen molar-refractivity contribution in [3.05, 3.63) is 81.9 Å². The Bertz CT molecular complexity index is 1060. The molecule has 3 aromatic carbocycles. The topological polar surface area (TPSA) is 81.5 Å². The van der Waals surface area contributed by atoms with Crippen molar-refractivity contribution in [2.24, 2.45) is 0 Å². The van der Waals surface area contributed by atoms with Gasteiger partial charge in [0.1, 0.15) is 5.75 Å². The fourth-order valence-electron chi connectivity index (χ4n) is 2.79. The van der Waals surface area contributed by atoms with Gasteiger partial charge in [0, 0.05) is 15.9 Å². The monoisotopic (exact) mass is 378 g/mol. The van der Waals surface area contributed by atoms with Crippen molar-refractivity contribution < 1.29 is 14.5 Å². The summed E-state index contributed by atoms with van der Waals surface area (Å²) in [4.78, 5) is 25.2. The smallest absolute Gasteiger partial charge is 0.287 e. The molecule has 7 heteroatoms. The maximum Gasteiger partial charge on any atom is 0.287 e. The van der Waals surface area contributed by atoms with Gasteiger partial charge >= 0.3 is 0 Å². The Morgan fingerprint density at radius 2 is 1.74 bits per heavy atom. The first-order chi connectivity index (χ1) is 13.0. The third kappa shape index (κ3) is 3.37. The number of fused-ring (bicyclic) bond motifs is 2. The minimum atomic E-state index is -0.562. The van der Waals surface area contributed by atoms with Gasteiger partial charge in [0.25, 0.3) is 11.6 Å². The number of nitrogens with one attached hydrogen (secondary N) is 1. The highest BCUT2D eigenvalue weighted by atomic mass is 32.2. The standard InChI is InChI=1S/C20H14N2O4S/c1-12-6-8-13(9-7-12)27-14-10-16(22(24)25)19-18(11-14)26-17-5-3-2-4-15(17)21-20(19)23/h2-11H,1H3,(H,21,23). The first-order valence-corrected chi connectivity index (χ1v) is 8.98. The number of amides is 1. The molecule has 3 aromatic rings. The van der Waals surface area contributed by atoms with Gasteiger partial charge in [-0.05, 0) is 37.3 Å². The van der Waals surface area contributed by atoms with Crippen LogP contribution in [0.3, 0.4) is 0 Å². The molecule has 0 aliphatic carbocycles. The van der Waals surface area contributed by atoms with E-state index in [1.807, 2.05) is 31.2 Å². The molecular formula is C20H14N2O4S. The van der Waals surface area contributed by atoms with E-state index in [4.69, 9.17) is 4.74 Å². The van der Waals surface area contributed by atoms with Crippen LogP contribution in [0.4, 0.5) is 11.4 Å². The molecule has 0 fully saturated rings. The molecule has 1 N–H and O–H groups in total.